The third-order valence-electron chi connectivity index (χ3n) is 2.25. The molecular formula is C13H14ClNO2. The molecule has 4 heteroatoms. The first kappa shape index (κ1) is 12.0. The van der Waals surface area contributed by atoms with Crippen molar-refractivity contribution in [2.45, 2.75) is 26.4 Å². The number of carbonyl (C=O) groups excluding carboxylic acids is 1. The number of ether oxygens (including phenoxy) is 1. The predicted molar refractivity (Wildman–Crippen MR) is 68.6 cm³/mol. The maximum atomic E-state index is 12.0. The van der Waals surface area contributed by atoms with Gasteiger partial charge in [-0.2, -0.15) is 0 Å². The second kappa shape index (κ2) is 4.08. The Hall–Kier alpha value is -1.48. The molecule has 1 aromatic heterocycles. The van der Waals surface area contributed by atoms with Crippen LogP contribution in [0.15, 0.2) is 30.5 Å². The molecule has 0 aliphatic heterocycles. The summed E-state index contributed by atoms with van der Waals surface area (Å²) >= 11 is 6.06. The number of hydrogen-bond acceptors (Lipinski definition) is 2. The molecule has 0 aliphatic rings. The van der Waals surface area contributed by atoms with Gasteiger partial charge < -0.3 is 4.74 Å². The van der Waals surface area contributed by atoms with Gasteiger partial charge in [-0.25, -0.2) is 4.79 Å². The fraction of sp³-hybridized carbons (Fsp3) is 0.308. The third-order valence-corrected chi connectivity index (χ3v) is 2.55. The topological polar surface area (TPSA) is 31.2 Å². The van der Waals surface area contributed by atoms with Crippen LogP contribution in [0, 0.1) is 0 Å². The summed E-state index contributed by atoms with van der Waals surface area (Å²) in [5.74, 6) is 0. The lowest BCUT2D eigenvalue weighted by molar-refractivity contribution is 0.0544. The second-order valence-corrected chi connectivity index (χ2v) is 5.25. The van der Waals surface area contributed by atoms with Crippen molar-refractivity contribution in [1.82, 2.24) is 4.57 Å². The Bertz CT molecular complexity index is 566. The highest BCUT2D eigenvalue weighted by molar-refractivity contribution is 6.35. The highest BCUT2D eigenvalue weighted by Crippen LogP contribution is 2.26. The average molecular weight is 252 g/mol. The van der Waals surface area contributed by atoms with Crippen LogP contribution < -0.4 is 0 Å². The quantitative estimate of drug-likeness (QED) is 0.707. The molecule has 17 heavy (non-hydrogen) atoms. The second-order valence-electron chi connectivity index (χ2n) is 4.84. The lowest BCUT2D eigenvalue weighted by Crippen LogP contribution is -2.26. The maximum absolute atomic E-state index is 12.0. The van der Waals surface area contributed by atoms with Gasteiger partial charge in [-0.15, -0.1) is 0 Å². The fourth-order valence-electron chi connectivity index (χ4n) is 1.60. The Morgan fingerprint density at radius 2 is 1.94 bits per heavy atom. The van der Waals surface area contributed by atoms with Crippen molar-refractivity contribution in [2.75, 3.05) is 0 Å². The standard InChI is InChI=1S/C13H14ClNO2/c1-13(2,3)17-12(16)15-8-10(14)9-6-4-5-7-11(9)15/h4-8H,1-3H3. The number of carbonyl (C=O) groups is 1. The van der Waals surface area contributed by atoms with Gasteiger partial charge in [0.05, 0.1) is 10.5 Å². The molecule has 0 bridgehead atoms. The third kappa shape index (κ3) is 2.44. The Labute approximate surface area is 105 Å². The summed E-state index contributed by atoms with van der Waals surface area (Å²) in [4.78, 5) is 12.0. The van der Waals surface area contributed by atoms with Crippen molar-refractivity contribution in [3.63, 3.8) is 0 Å². The van der Waals surface area contributed by atoms with E-state index in [1.54, 1.807) is 6.20 Å². The first-order valence-electron chi connectivity index (χ1n) is 5.37. The zero-order valence-corrected chi connectivity index (χ0v) is 10.8. The number of fused-ring (bicyclic) bond motifs is 1. The number of para-hydroxylation sites is 1. The summed E-state index contributed by atoms with van der Waals surface area (Å²) in [6, 6.07) is 7.46. The van der Waals surface area contributed by atoms with Crippen LogP contribution in [0.3, 0.4) is 0 Å². The van der Waals surface area contributed by atoms with Crippen LogP contribution in [0.25, 0.3) is 10.9 Å². The summed E-state index contributed by atoms with van der Waals surface area (Å²) in [5, 5.41) is 1.39. The molecule has 0 unspecified atom stereocenters. The molecule has 2 rings (SSSR count). The molecule has 1 aromatic carbocycles. The Morgan fingerprint density at radius 1 is 1.29 bits per heavy atom. The molecule has 0 spiro atoms. The molecule has 0 radical (unpaired) electrons. The minimum atomic E-state index is -0.519. The van der Waals surface area contributed by atoms with Gasteiger partial charge in [-0.3, -0.25) is 4.57 Å². The molecule has 0 fully saturated rings. The Kier molecular flexibility index (Phi) is 2.87. The molecule has 0 saturated carbocycles. The van der Waals surface area contributed by atoms with E-state index in [1.807, 2.05) is 45.0 Å². The molecule has 0 N–H and O–H groups in total. The fourth-order valence-corrected chi connectivity index (χ4v) is 1.86. The lowest BCUT2D eigenvalue weighted by Gasteiger charge is -2.19. The number of hydrogen-bond donors (Lipinski definition) is 0. The summed E-state index contributed by atoms with van der Waals surface area (Å²) < 4.78 is 6.74. The highest BCUT2D eigenvalue weighted by Gasteiger charge is 2.19. The summed E-state index contributed by atoms with van der Waals surface area (Å²) in [5.41, 5.74) is 0.237. The monoisotopic (exact) mass is 251 g/mol. The van der Waals surface area contributed by atoms with Crippen LogP contribution in [0.2, 0.25) is 5.02 Å². The number of benzene rings is 1. The van der Waals surface area contributed by atoms with Crippen molar-refractivity contribution >= 4 is 28.6 Å². The van der Waals surface area contributed by atoms with Gasteiger partial charge in [-0.1, -0.05) is 29.8 Å². The number of aromatic nitrogens is 1. The minimum absolute atomic E-state index is 0.416. The molecule has 0 saturated heterocycles. The zero-order valence-electron chi connectivity index (χ0n) is 10.0. The smallest absolute Gasteiger partial charge is 0.419 e. The van der Waals surface area contributed by atoms with Crippen molar-refractivity contribution in [3.05, 3.63) is 35.5 Å². The van der Waals surface area contributed by atoms with E-state index in [-0.39, 0.29) is 0 Å². The van der Waals surface area contributed by atoms with Crippen molar-refractivity contribution in [3.8, 4) is 0 Å². The molecule has 0 amide bonds. The van der Waals surface area contributed by atoms with Gasteiger partial charge in [0.2, 0.25) is 0 Å². The molecule has 0 aliphatic carbocycles. The van der Waals surface area contributed by atoms with Crippen molar-refractivity contribution < 1.29 is 9.53 Å². The minimum Gasteiger partial charge on any atom is -0.443 e. The molecule has 0 atom stereocenters. The van der Waals surface area contributed by atoms with Crippen LogP contribution in [-0.4, -0.2) is 16.3 Å². The van der Waals surface area contributed by atoms with E-state index in [9.17, 15) is 4.79 Å². The summed E-state index contributed by atoms with van der Waals surface area (Å²) in [6.07, 6.45) is 1.17. The lowest BCUT2D eigenvalue weighted by atomic mass is 10.2. The predicted octanol–water partition coefficient (Wildman–Crippen LogP) is 4.08. The van der Waals surface area contributed by atoms with Gasteiger partial charge in [0.25, 0.3) is 0 Å². The number of halogens is 1. The van der Waals surface area contributed by atoms with Crippen LogP contribution in [-0.2, 0) is 4.74 Å². The van der Waals surface area contributed by atoms with Crippen LogP contribution in [0.5, 0.6) is 0 Å². The number of rotatable bonds is 0. The normalized spacial score (nSPS) is 11.8. The molecular weight excluding hydrogens is 238 g/mol. The van der Waals surface area contributed by atoms with Crippen molar-refractivity contribution in [2.24, 2.45) is 0 Å². The van der Waals surface area contributed by atoms with Gasteiger partial charge in [0.15, 0.2) is 0 Å². The van der Waals surface area contributed by atoms with E-state index in [4.69, 9.17) is 16.3 Å². The Balaban J connectivity index is 2.46. The van der Waals surface area contributed by atoms with Gasteiger partial charge in [0.1, 0.15) is 5.60 Å². The van der Waals surface area contributed by atoms with Crippen LogP contribution in [0.1, 0.15) is 20.8 Å². The van der Waals surface area contributed by atoms with E-state index >= 15 is 0 Å². The average Bonchev–Trinajstić information content (AvgIpc) is 2.55. The number of nitrogens with zero attached hydrogens (tertiary/aromatic N) is 1. The van der Waals surface area contributed by atoms with E-state index < -0.39 is 11.7 Å². The highest BCUT2D eigenvalue weighted by atomic mass is 35.5. The van der Waals surface area contributed by atoms with Crippen LogP contribution in [0.4, 0.5) is 4.79 Å². The molecule has 90 valence electrons. The SMILES string of the molecule is CC(C)(C)OC(=O)n1cc(Cl)c2ccccc21. The molecule has 2 aromatic rings. The van der Waals surface area contributed by atoms with E-state index in [0.717, 1.165) is 10.9 Å². The molecule has 3 nitrogen and oxygen atoms in total. The largest absolute Gasteiger partial charge is 0.443 e. The molecule has 1 heterocycles. The zero-order chi connectivity index (χ0) is 12.6. The van der Waals surface area contributed by atoms with Gasteiger partial charge >= 0.3 is 6.09 Å². The summed E-state index contributed by atoms with van der Waals surface area (Å²) in [7, 11) is 0. The van der Waals surface area contributed by atoms with E-state index in [2.05, 4.69) is 0 Å². The summed E-state index contributed by atoms with van der Waals surface area (Å²) in [6.45, 7) is 5.49. The van der Waals surface area contributed by atoms with Crippen LogP contribution >= 0.6 is 11.6 Å². The first-order valence-corrected chi connectivity index (χ1v) is 5.75. The van der Waals surface area contributed by atoms with Crippen molar-refractivity contribution in [1.29, 1.82) is 0 Å². The Morgan fingerprint density at radius 3 is 2.59 bits per heavy atom. The maximum Gasteiger partial charge on any atom is 0.419 e. The van der Waals surface area contributed by atoms with E-state index in [0.29, 0.717) is 5.02 Å². The van der Waals surface area contributed by atoms with Gasteiger partial charge in [-0.05, 0) is 26.8 Å². The van der Waals surface area contributed by atoms with Gasteiger partial charge in [0, 0.05) is 11.6 Å². The first-order chi connectivity index (χ1) is 7.88. The van der Waals surface area contributed by atoms with E-state index in [1.165, 1.54) is 4.57 Å².